The van der Waals surface area contributed by atoms with Crippen LogP contribution in [0.15, 0.2) is 18.3 Å². The van der Waals surface area contributed by atoms with E-state index in [0.29, 0.717) is 18.8 Å². The van der Waals surface area contributed by atoms with Crippen molar-refractivity contribution < 1.29 is 14.3 Å². The van der Waals surface area contributed by atoms with E-state index < -0.39 is 12.1 Å². The maximum Gasteiger partial charge on any atom is 0.245 e. The van der Waals surface area contributed by atoms with Gasteiger partial charge in [0.2, 0.25) is 17.7 Å². The topological polar surface area (TPSA) is 71.5 Å². The Labute approximate surface area is 118 Å². The van der Waals surface area contributed by atoms with Crippen molar-refractivity contribution in [3.05, 3.63) is 23.9 Å². The van der Waals surface area contributed by atoms with Crippen LogP contribution < -0.4 is 10.1 Å². The van der Waals surface area contributed by atoms with Crippen molar-refractivity contribution in [2.24, 2.45) is 0 Å². The zero-order valence-electron chi connectivity index (χ0n) is 11.9. The number of nitrogens with one attached hydrogen (secondary N) is 1. The van der Waals surface area contributed by atoms with Crippen molar-refractivity contribution in [1.82, 2.24) is 15.2 Å². The van der Waals surface area contributed by atoms with E-state index in [1.807, 2.05) is 13.0 Å². The van der Waals surface area contributed by atoms with Crippen molar-refractivity contribution in [2.45, 2.75) is 38.9 Å². The SMILES string of the molecule is CCC1C(=O)NC(C)C(=O)N1Cc1ccnc(OC)c1. The highest BCUT2D eigenvalue weighted by atomic mass is 16.5. The van der Waals surface area contributed by atoms with Crippen LogP contribution in [0.5, 0.6) is 5.88 Å². The lowest BCUT2D eigenvalue weighted by atomic mass is 10.0. The molecule has 2 unspecified atom stereocenters. The highest BCUT2D eigenvalue weighted by molar-refractivity contribution is 5.96. The largest absolute Gasteiger partial charge is 0.481 e. The molecule has 6 heteroatoms. The molecule has 1 aliphatic heterocycles. The van der Waals surface area contributed by atoms with E-state index in [0.717, 1.165) is 5.56 Å². The first-order valence-electron chi connectivity index (χ1n) is 6.66. The standard InChI is InChI=1S/C14H19N3O3/c1-4-11-13(18)16-9(2)14(19)17(11)8-10-5-6-15-12(7-10)20-3/h5-7,9,11H,4,8H2,1-3H3,(H,16,18). The molecule has 20 heavy (non-hydrogen) atoms. The van der Waals surface area contributed by atoms with E-state index in [9.17, 15) is 9.59 Å². The fourth-order valence-corrected chi connectivity index (χ4v) is 2.37. The number of hydrogen-bond donors (Lipinski definition) is 1. The predicted octanol–water partition coefficient (Wildman–Crippen LogP) is 0.716. The second-order valence-electron chi connectivity index (χ2n) is 4.83. The highest BCUT2D eigenvalue weighted by Crippen LogP contribution is 2.18. The molecule has 1 aliphatic rings. The molecule has 1 N–H and O–H groups in total. The van der Waals surface area contributed by atoms with Crippen LogP contribution >= 0.6 is 0 Å². The molecule has 6 nitrogen and oxygen atoms in total. The number of carbonyl (C=O) groups excluding carboxylic acids is 2. The minimum absolute atomic E-state index is 0.0628. The van der Waals surface area contributed by atoms with Gasteiger partial charge in [0.1, 0.15) is 12.1 Å². The smallest absolute Gasteiger partial charge is 0.245 e. The summed E-state index contributed by atoms with van der Waals surface area (Å²) in [5.74, 6) is 0.338. The lowest BCUT2D eigenvalue weighted by Crippen LogP contribution is -2.61. The zero-order chi connectivity index (χ0) is 14.7. The molecule has 0 saturated carbocycles. The van der Waals surface area contributed by atoms with Crippen LogP contribution in [0.1, 0.15) is 25.8 Å². The Morgan fingerprint density at radius 2 is 2.20 bits per heavy atom. The van der Waals surface area contributed by atoms with E-state index in [2.05, 4.69) is 10.3 Å². The molecular formula is C14H19N3O3. The van der Waals surface area contributed by atoms with Gasteiger partial charge in [-0.05, 0) is 25.0 Å². The summed E-state index contributed by atoms with van der Waals surface area (Å²) in [6, 6.07) is 2.70. The third-order valence-electron chi connectivity index (χ3n) is 3.44. The maximum absolute atomic E-state index is 12.3. The second-order valence-corrected chi connectivity index (χ2v) is 4.83. The molecule has 2 rings (SSSR count). The Kier molecular flexibility index (Phi) is 4.22. The fraction of sp³-hybridized carbons (Fsp3) is 0.500. The van der Waals surface area contributed by atoms with Gasteiger partial charge < -0.3 is 15.0 Å². The van der Waals surface area contributed by atoms with Gasteiger partial charge in [0, 0.05) is 18.8 Å². The number of carbonyl (C=O) groups is 2. The van der Waals surface area contributed by atoms with Gasteiger partial charge in [0.25, 0.3) is 0 Å². The van der Waals surface area contributed by atoms with Crippen LogP contribution in [0, 0.1) is 0 Å². The fourth-order valence-electron chi connectivity index (χ4n) is 2.37. The van der Waals surface area contributed by atoms with Crippen molar-refractivity contribution in [3.8, 4) is 5.88 Å². The van der Waals surface area contributed by atoms with Crippen molar-refractivity contribution in [1.29, 1.82) is 0 Å². The Morgan fingerprint density at radius 3 is 2.85 bits per heavy atom. The molecule has 1 aromatic heterocycles. The van der Waals surface area contributed by atoms with Crippen LogP contribution in [0.25, 0.3) is 0 Å². The molecule has 1 saturated heterocycles. The van der Waals surface area contributed by atoms with Gasteiger partial charge in [-0.2, -0.15) is 0 Å². The lowest BCUT2D eigenvalue weighted by molar-refractivity contribution is -0.149. The van der Waals surface area contributed by atoms with Crippen molar-refractivity contribution in [3.63, 3.8) is 0 Å². The van der Waals surface area contributed by atoms with Gasteiger partial charge in [-0.3, -0.25) is 9.59 Å². The van der Waals surface area contributed by atoms with Crippen LogP contribution in [0.4, 0.5) is 0 Å². The van der Waals surface area contributed by atoms with Gasteiger partial charge in [0.05, 0.1) is 7.11 Å². The number of nitrogens with zero attached hydrogens (tertiary/aromatic N) is 2. The summed E-state index contributed by atoms with van der Waals surface area (Å²) in [5, 5.41) is 2.70. The predicted molar refractivity (Wildman–Crippen MR) is 73.0 cm³/mol. The Morgan fingerprint density at radius 1 is 1.45 bits per heavy atom. The van der Waals surface area contributed by atoms with Crippen molar-refractivity contribution >= 4 is 11.8 Å². The Bertz CT molecular complexity index is 518. The number of aromatic nitrogens is 1. The van der Waals surface area contributed by atoms with Gasteiger partial charge >= 0.3 is 0 Å². The summed E-state index contributed by atoms with van der Waals surface area (Å²) < 4.78 is 5.07. The number of amides is 2. The first kappa shape index (κ1) is 14.3. The van der Waals surface area contributed by atoms with Crippen LogP contribution in [-0.2, 0) is 16.1 Å². The minimum Gasteiger partial charge on any atom is -0.481 e. The van der Waals surface area contributed by atoms with Gasteiger partial charge in [-0.15, -0.1) is 0 Å². The van der Waals surface area contributed by atoms with Crippen LogP contribution in [0.3, 0.4) is 0 Å². The lowest BCUT2D eigenvalue weighted by Gasteiger charge is -2.37. The Balaban J connectivity index is 2.23. The van der Waals surface area contributed by atoms with E-state index in [1.54, 1.807) is 31.2 Å². The average molecular weight is 277 g/mol. The summed E-state index contributed by atoms with van der Waals surface area (Å²) in [7, 11) is 1.54. The van der Waals surface area contributed by atoms with E-state index in [1.165, 1.54) is 0 Å². The normalized spacial score (nSPS) is 22.6. The summed E-state index contributed by atoms with van der Waals surface area (Å²) in [5.41, 5.74) is 0.894. The number of hydrogen-bond acceptors (Lipinski definition) is 4. The number of piperazine rings is 1. The molecule has 0 bridgehead atoms. The van der Waals surface area contributed by atoms with Crippen LogP contribution in [0.2, 0.25) is 0 Å². The van der Waals surface area contributed by atoms with E-state index in [-0.39, 0.29) is 11.8 Å². The average Bonchev–Trinajstić information content (AvgIpc) is 2.45. The summed E-state index contributed by atoms with van der Waals surface area (Å²) >= 11 is 0. The van der Waals surface area contributed by atoms with Crippen molar-refractivity contribution in [2.75, 3.05) is 7.11 Å². The Hall–Kier alpha value is -2.11. The third kappa shape index (κ3) is 2.74. The van der Waals surface area contributed by atoms with E-state index >= 15 is 0 Å². The highest BCUT2D eigenvalue weighted by Gasteiger charge is 2.37. The molecule has 2 amide bonds. The molecule has 108 valence electrons. The third-order valence-corrected chi connectivity index (χ3v) is 3.44. The van der Waals surface area contributed by atoms with E-state index in [4.69, 9.17) is 4.74 Å². The molecule has 0 radical (unpaired) electrons. The van der Waals surface area contributed by atoms with Crippen LogP contribution in [-0.4, -0.2) is 40.9 Å². The number of methoxy groups -OCH3 is 1. The molecule has 1 fully saturated rings. The first-order chi connectivity index (χ1) is 9.56. The first-order valence-corrected chi connectivity index (χ1v) is 6.66. The molecule has 0 aromatic carbocycles. The maximum atomic E-state index is 12.3. The molecule has 0 aliphatic carbocycles. The van der Waals surface area contributed by atoms with Gasteiger partial charge in [-0.1, -0.05) is 6.92 Å². The summed E-state index contributed by atoms with van der Waals surface area (Å²) in [6.07, 6.45) is 2.22. The number of ether oxygens (including phenoxy) is 1. The monoisotopic (exact) mass is 277 g/mol. The number of rotatable bonds is 4. The molecule has 0 spiro atoms. The quantitative estimate of drug-likeness (QED) is 0.880. The zero-order valence-corrected chi connectivity index (χ0v) is 11.9. The second kappa shape index (κ2) is 5.90. The molecule has 2 atom stereocenters. The molecule has 2 heterocycles. The van der Waals surface area contributed by atoms with Gasteiger partial charge in [0.15, 0.2) is 0 Å². The molecule has 1 aromatic rings. The summed E-state index contributed by atoms with van der Waals surface area (Å²) in [4.78, 5) is 29.9. The minimum atomic E-state index is -0.478. The number of pyridine rings is 1. The molecular weight excluding hydrogens is 258 g/mol. The summed E-state index contributed by atoms with van der Waals surface area (Å²) in [6.45, 7) is 3.98. The van der Waals surface area contributed by atoms with Gasteiger partial charge in [-0.25, -0.2) is 4.98 Å².